The zero-order chi connectivity index (χ0) is 20.7. The van der Waals surface area contributed by atoms with Gasteiger partial charge >= 0.3 is 0 Å². The third-order valence-corrected chi connectivity index (χ3v) is 4.91. The maximum absolute atomic E-state index is 5.48. The molecule has 9 heteroatoms. The second kappa shape index (κ2) is 16.5. The number of rotatable bonds is 12. The molecule has 1 saturated heterocycles. The van der Waals surface area contributed by atoms with E-state index in [0.29, 0.717) is 26.4 Å². The molecular formula is C21H39IN6O2. The topological polar surface area (TPSA) is 74.3 Å². The summed E-state index contributed by atoms with van der Waals surface area (Å²) < 4.78 is 10.4. The minimum absolute atomic E-state index is 0. The van der Waals surface area contributed by atoms with Crippen molar-refractivity contribution < 1.29 is 9.47 Å². The summed E-state index contributed by atoms with van der Waals surface area (Å²) in [7, 11) is 1.68. The van der Waals surface area contributed by atoms with Gasteiger partial charge in [-0.1, -0.05) is 13.0 Å². The maximum Gasteiger partial charge on any atom is 0.191 e. The lowest BCUT2D eigenvalue weighted by molar-refractivity contribution is 0.0698. The number of hydrogen-bond donors (Lipinski definition) is 2. The second-order valence-electron chi connectivity index (χ2n) is 7.03. The molecule has 0 spiro atoms. The predicted molar refractivity (Wildman–Crippen MR) is 134 cm³/mol. The van der Waals surface area contributed by atoms with E-state index in [-0.39, 0.29) is 24.0 Å². The fourth-order valence-corrected chi connectivity index (χ4v) is 3.13. The third-order valence-electron chi connectivity index (χ3n) is 4.91. The standard InChI is InChI=1S/C21H38N6O2.HI/c1-4-22-21(23-9-6-14-29-16-15-28-3)25-18-19-7-8-20(24-17-19)27-12-10-26(5-2)11-13-27;/h7-8,17H,4-6,9-16,18H2,1-3H3,(H2,22,23,25);1H. The zero-order valence-corrected chi connectivity index (χ0v) is 21.1. The van der Waals surface area contributed by atoms with Gasteiger partial charge in [0.25, 0.3) is 0 Å². The fourth-order valence-electron chi connectivity index (χ4n) is 3.13. The lowest BCUT2D eigenvalue weighted by Gasteiger charge is -2.34. The van der Waals surface area contributed by atoms with Crippen molar-refractivity contribution in [2.75, 3.05) is 77.6 Å². The summed E-state index contributed by atoms with van der Waals surface area (Å²) in [6.07, 6.45) is 2.87. The number of methoxy groups -OCH3 is 1. The number of nitrogens with one attached hydrogen (secondary N) is 2. The van der Waals surface area contributed by atoms with E-state index in [0.717, 1.165) is 69.6 Å². The Balaban J connectivity index is 0.00000450. The van der Waals surface area contributed by atoms with Crippen LogP contribution in [0.4, 0.5) is 5.82 Å². The average Bonchev–Trinajstić information content (AvgIpc) is 2.77. The number of aliphatic imine (C=N–C) groups is 1. The normalized spacial score (nSPS) is 15.0. The number of nitrogens with zero attached hydrogens (tertiary/aromatic N) is 4. The highest BCUT2D eigenvalue weighted by molar-refractivity contribution is 14.0. The monoisotopic (exact) mass is 534 g/mol. The van der Waals surface area contributed by atoms with Gasteiger partial charge in [-0.2, -0.15) is 0 Å². The summed E-state index contributed by atoms with van der Waals surface area (Å²) in [6, 6.07) is 4.25. The van der Waals surface area contributed by atoms with Gasteiger partial charge < -0.3 is 29.9 Å². The fraction of sp³-hybridized carbons (Fsp3) is 0.714. The molecule has 1 aliphatic heterocycles. The Kier molecular flexibility index (Phi) is 14.8. The summed E-state index contributed by atoms with van der Waals surface area (Å²) in [5.74, 6) is 1.89. The molecular weight excluding hydrogens is 495 g/mol. The van der Waals surface area contributed by atoms with Crippen LogP contribution in [0, 0.1) is 0 Å². The van der Waals surface area contributed by atoms with Crippen LogP contribution in [0.1, 0.15) is 25.8 Å². The van der Waals surface area contributed by atoms with Crippen LogP contribution in [0.3, 0.4) is 0 Å². The van der Waals surface area contributed by atoms with E-state index in [2.05, 4.69) is 56.4 Å². The van der Waals surface area contributed by atoms with E-state index in [1.165, 1.54) is 0 Å². The highest BCUT2D eigenvalue weighted by atomic mass is 127. The van der Waals surface area contributed by atoms with Crippen molar-refractivity contribution in [2.24, 2.45) is 4.99 Å². The summed E-state index contributed by atoms with van der Waals surface area (Å²) >= 11 is 0. The first-order valence-corrected chi connectivity index (χ1v) is 10.8. The van der Waals surface area contributed by atoms with Crippen LogP contribution < -0.4 is 15.5 Å². The van der Waals surface area contributed by atoms with Gasteiger partial charge in [0.1, 0.15) is 5.82 Å². The largest absolute Gasteiger partial charge is 0.382 e. The molecule has 1 aliphatic rings. The van der Waals surface area contributed by atoms with Crippen molar-refractivity contribution in [2.45, 2.75) is 26.8 Å². The number of guanidine groups is 1. The van der Waals surface area contributed by atoms with Gasteiger partial charge in [-0.05, 0) is 31.5 Å². The molecule has 0 saturated carbocycles. The second-order valence-corrected chi connectivity index (χ2v) is 7.03. The van der Waals surface area contributed by atoms with Crippen LogP contribution in [-0.2, 0) is 16.0 Å². The molecule has 1 fully saturated rings. The van der Waals surface area contributed by atoms with Crippen molar-refractivity contribution >= 4 is 35.8 Å². The van der Waals surface area contributed by atoms with Gasteiger partial charge in [0.05, 0.1) is 19.8 Å². The van der Waals surface area contributed by atoms with Gasteiger partial charge in [0.15, 0.2) is 5.96 Å². The first-order valence-electron chi connectivity index (χ1n) is 10.8. The summed E-state index contributed by atoms with van der Waals surface area (Å²) in [4.78, 5) is 14.2. The molecule has 2 heterocycles. The summed E-state index contributed by atoms with van der Waals surface area (Å²) in [5, 5.41) is 6.63. The Morgan fingerprint density at radius 2 is 1.90 bits per heavy atom. The van der Waals surface area contributed by atoms with E-state index in [1.807, 2.05) is 6.20 Å². The number of aromatic nitrogens is 1. The minimum atomic E-state index is 0. The van der Waals surface area contributed by atoms with Crippen LogP contribution in [0.2, 0.25) is 0 Å². The molecule has 0 radical (unpaired) electrons. The summed E-state index contributed by atoms with van der Waals surface area (Å²) in [6.45, 7) is 14.0. The van der Waals surface area contributed by atoms with Crippen molar-refractivity contribution in [3.8, 4) is 0 Å². The molecule has 2 N–H and O–H groups in total. The Morgan fingerprint density at radius 1 is 1.10 bits per heavy atom. The smallest absolute Gasteiger partial charge is 0.191 e. The van der Waals surface area contributed by atoms with Gasteiger partial charge in [0.2, 0.25) is 0 Å². The van der Waals surface area contributed by atoms with Crippen molar-refractivity contribution in [1.82, 2.24) is 20.5 Å². The molecule has 0 aliphatic carbocycles. The third kappa shape index (κ3) is 10.2. The summed E-state index contributed by atoms with van der Waals surface area (Å²) in [5.41, 5.74) is 1.11. The van der Waals surface area contributed by atoms with Crippen molar-refractivity contribution in [1.29, 1.82) is 0 Å². The molecule has 1 aromatic heterocycles. The van der Waals surface area contributed by atoms with Crippen molar-refractivity contribution in [3.63, 3.8) is 0 Å². The number of pyridine rings is 1. The highest BCUT2D eigenvalue weighted by Gasteiger charge is 2.16. The number of anilines is 1. The predicted octanol–water partition coefficient (Wildman–Crippen LogP) is 1.95. The van der Waals surface area contributed by atoms with E-state index in [1.54, 1.807) is 7.11 Å². The first kappa shape index (κ1) is 26.9. The lowest BCUT2D eigenvalue weighted by Crippen LogP contribution is -2.46. The Labute approximate surface area is 198 Å². The molecule has 0 bridgehead atoms. The molecule has 0 aromatic carbocycles. The van der Waals surface area contributed by atoms with Gasteiger partial charge in [-0.15, -0.1) is 24.0 Å². The Bertz CT molecular complexity index is 579. The molecule has 2 rings (SSSR count). The molecule has 30 heavy (non-hydrogen) atoms. The lowest BCUT2D eigenvalue weighted by atomic mass is 10.2. The minimum Gasteiger partial charge on any atom is -0.382 e. The van der Waals surface area contributed by atoms with Crippen LogP contribution in [-0.4, -0.2) is 88.6 Å². The number of hydrogen-bond acceptors (Lipinski definition) is 6. The average molecular weight is 534 g/mol. The number of piperazine rings is 1. The zero-order valence-electron chi connectivity index (χ0n) is 18.7. The van der Waals surface area contributed by atoms with Crippen molar-refractivity contribution in [3.05, 3.63) is 23.9 Å². The number of likely N-dealkylation sites (N-methyl/N-ethyl adjacent to an activating group) is 1. The first-order chi connectivity index (χ1) is 14.3. The van der Waals surface area contributed by atoms with Gasteiger partial charge in [0, 0.05) is 59.2 Å². The Hall–Kier alpha value is -1.17. The van der Waals surface area contributed by atoms with Gasteiger partial charge in [-0.3, -0.25) is 0 Å². The maximum atomic E-state index is 5.48. The van der Waals surface area contributed by atoms with Gasteiger partial charge in [-0.25, -0.2) is 9.98 Å². The SMILES string of the molecule is CCNC(=NCc1ccc(N2CCN(CC)CC2)nc1)NCCCOCCOC.I. The van der Waals surface area contributed by atoms with E-state index < -0.39 is 0 Å². The van der Waals surface area contributed by atoms with E-state index in [4.69, 9.17) is 9.47 Å². The van der Waals surface area contributed by atoms with Crippen LogP contribution >= 0.6 is 24.0 Å². The number of ether oxygens (including phenoxy) is 2. The molecule has 172 valence electrons. The van der Waals surface area contributed by atoms with E-state index >= 15 is 0 Å². The van der Waals surface area contributed by atoms with E-state index in [9.17, 15) is 0 Å². The van der Waals surface area contributed by atoms with Crippen LogP contribution in [0.5, 0.6) is 0 Å². The van der Waals surface area contributed by atoms with Crippen LogP contribution in [0.15, 0.2) is 23.3 Å². The molecule has 8 nitrogen and oxygen atoms in total. The molecule has 0 amide bonds. The molecule has 1 aromatic rings. The Morgan fingerprint density at radius 3 is 2.53 bits per heavy atom. The number of halogens is 1. The quantitative estimate of drug-likeness (QED) is 0.184. The molecule has 0 atom stereocenters. The van der Waals surface area contributed by atoms with Crippen LogP contribution in [0.25, 0.3) is 0 Å². The highest BCUT2D eigenvalue weighted by Crippen LogP contribution is 2.14. The molecule has 0 unspecified atom stereocenters.